The molecule has 0 spiro atoms. The summed E-state index contributed by atoms with van der Waals surface area (Å²) in [6.45, 7) is 3.86. The molecule has 3 aromatic carbocycles. The second-order valence-corrected chi connectivity index (χ2v) is 10.6. The smallest absolute Gasteiger partial charge is 0.244 e. The number of aryl methyl sites for hydroxylation is 2. The second kappa shape index (κ2) is 8.92. The van der Waals surface area contributed by atoms with Crippen LogP contribution in [0.5, 0.6) is 0 Å². The van der Waals surface area contributed by atoms with Crippen molar-refractivity contribution in [1.29, 1.82) is 0 Å². The van der Waals surface area contributed by atoms with Gasteiger partial charge in [-0.3, -0.25) is 4.79 Å². The number of carbonyl (C=O) groups excluding carboxylic acids is 1. The summed E-state index contributed by atoms with van der Waals surface area (Å²) in [5.41, 5.74) is 4.12. The Balaban J connectivity index is 1.64. The monoisotopic (exact) mass is 510 g/mol. The van der Waals surface area contributed by atoms with Gasteiger partial charge in [0.25, 0.3) is 0 Å². The number of nitrogens with one attached hydrogen (secondary N) is 1. The first kappa shape index (κ1) is 22.3. The molecule has 0 aliphatic rings. The van der Waals surface area contributed by atoms with Crippen molar-refractivity contribution in [3.8, 4) is 0 Å². The number of anilines is 1. The SMILES string of the molecule is Cc1cc(NC(=O)Cn2cc(S(=O)(=O)Cc3ccccc3C)c3ccccc32)ccc1Br. The maximum atomic E-state index is 13.3. The summed E-state index contributed by atoms with van der Waals surface area (Å²) in [6.07, 6.45) is 1.57. The third kappa shape index (κ3) is 4.64. The van der Waals surface area contributed by atoms with E-state index in [1.165, 1.54) is 0 Å². The summed E-state index contributed by atoms with van der Waals surface area (Å²) in [7, 11) is -3.60. The molecule has 32 heavy (non-hydrogen) atoms. The van der Waals surface area contributed by atoms with Crippen LogP contribution in [0, 0.1) is 13.8 Å². The molecule has 0 saturated heterocycles. The van der Waals surface area contributed by atoms with Gasteiger partial charge in [-0.05, 0) is 54.8 Å². The lowest BCUT2D eigenvalue weighted by atomic mass is 10.1. The number of carbonyl (C=O) groups is 1. The summed E-state index contributed by atoms with van der Waals surface area (Å²) in [4.78, 5) is 13.0. The highest BCUT2D eigenvalue weighted by molar-refractivity contribution is 9.10. The summed E-state index contributed by atoms with van der Waals surface area (Å²) < 4.78 is 29.3. The van der Waals surface area contributed by atoms with Crippen LogP contribution in [0.15, 0.2) is 82.3 Å². The van der Waals surface area contributed by atoms with Gasteiger partial charge in [-0.2, -0.15) is 0 Å². The number of amides is 1. The van der Waals surface area contributed by atoms with Gasteiger partial charge in [-0.15, -0.1) is 0 Å². The van der Waals surface area contributed by atoms with Gasteiger partial charge >= 0.3 is 0 Å². The molecule has 0 bridgehead atoms. The largest absolute Gasteiger partial charge is 0.337 e. The van der Waals surface area contributed by atoms with E-state index in [0.29, 0.717) is 16.6 Å². The number of rotatable bonds is 6. The van der Waals surface area contributed by atoms with E-state index in [1.807, 2.05) is 74.5 Å². The molecule has 0 fully saturated rings. The summed E-state index contributed by atoms with van der Waals surface area (Å²) in [5, 5.41) is 3.51. The molecule has 0 saturated carbocycles. The molecule has 0 aliphatic carbocycles. The molecule has 1 amide bonds. The fourth-order valence-corrected chi connectivity index (χ4v) is 5.65. The Morgan fingerprint density at radius 2 is 1.69 bits per heavy atom. The molecule has 1 aromatic heterocycles. The molecule has 1 heterocycles. The molecule has 0 aliphatic heterocycles. The van der Waals surface area contributed by atoms with Crippen molar-refractivity contribution in [2.24, 2.45) is 0 Å². The van der Waals surface area contributed by atoms with Gasteiger partial charge in [0.05, 0.1) is 10.6 Å². The number of hydrogen-bond donors (Lipinski definition) is 1. The molecule has 4 rings (SSSR count). The quantitative estimate of drug-likeness (QED) is 0.365. The van der Waals surface area contributed by atoms with Crippen molar-refractivity contribution in [2.45, 2.75) is 31.0 Å². The molecule has 7 heteroatoms. The number of aromatic nitrogens is 1. The number of benzene rings is 3. The number of halogens is 1. The van der Waals surface area contributed by atoms with Crippen LogP contribution in [-0.4, -0.2) is 18.9 Å². The number of fused-ring (bicyclic) bond motifs is 1. The first-order valence-corrected chi connectivity index (χ1v) is 12.6. The number of sulfone groups is 1. The van der Waals surface area contributed by atoms with Crippen molar-refractivity contribution in [3.05, 3.63) is 94.1 Å². The van der Waals surface area contributed by atoms with Gasteiger partial charge in [-0.25, -0.2) is 8.42 Å². The number of nitrogens with zero attached hydrogens (tertiary/aromatic N) is 1. The minimum atomic E-state index is -3.60. The third-order valence-electron chi connectivity index (χ3n) is 5.45. The van der Waals surface area contributed by atoms with E-state index in [0.717, 1.165) is 21.2 Å². The lowest BCUT2D eigenvalue weighted by Gasteiger charge is -2.09. The standard InChI is InChI=1S/C25H23BrN2O3S/c1-17-7-3-4-8-19(17)16-32(30,31)24-14-28(23-10-6-5-9-21(23)24)15-25(29)27-20-11-12-22(26)18(2)13-20/h3-14H,15-16H2,1-2H3,(H,27,29). The van der Waals surface area contributed by atoms with E-state index in [9.17, 15) is 13.2 Å². The highest BCUT2D eigenvalue weighted by Gasteiger charge is 2.23. The Bertz CT molecular complexity index is 1420. The fourth-order valence-electron chi connectivity index (χ4n) is 3.72. The van der Waals surface area contributed by atoms with Crippen molar-refractivity contribution in [1.82, 2.24) is 4.57 Å². The normalized spacial score (nSPS) is 11.6. The maximum Gasteiger partial charge on any atom is 0.244 e. The number of hydrogen-bond acceptors (Lipinski definition) is 3. The maximum absolute atomic E-state index is 13.3. The van der Waals surface area contributed by atoms with Crippen molar-refractivity contribution in [3.63, 3.8) is 0 Å². The predicted octanol–water partition coefficient (Wildman–Crippen LogP) is 5.63. The molecule has 0 radical (unpaired) electrons. The Kier molecular flexibility index (Phi) is 6.22. The minimum absolute atomic E-state index is 0.00943. The van der Waals surface area contributed by atoms with E-state index in [1.54, 1.807) is 16.8 Å². The minimum Gasteiger partial charge on any atom is -0.337 e. The first-order chi connectivity index (χ1) is 15.2. The van der Waals surface area contributed by atoms with Gasteiger partial charge in [0.2, 0.25) is 5.91 Å². The molecular weight excluding hydrogens is 488 g/mol. The van der Waals surface area contributed by atoms with Crippen LogP contribution in [0.25, 0.3) is 10.9 Å². The van der Waals surface area contributed by atoms with E-state index in [2.05, 4.69) is 21.2 Å². The van der Waals surface area contributed by atoms with Crippen molar-refractivity contribution < 1.29 is 13.2 Å². The van der Waals surface area contributed by atoms with Crippen LogP contribution in [-0.2, 0) is 26.9 Å². The third-order valence-corrected chi connectivity index (χ3v) is 8.03. The van der Waals surface area contributed by atoms with Crippen LogP contribution in [0.1, 0.15) is 16.7 Å². The Hall–Kier alpha value is -2.90. The zero-order valence-corrected chi connectivity index (χ0v) is 20.2. The topological polar surface area (TPSA) is 68.2 Å². The zero-order chi connectivity index (χ0) is 22.9. The molecule has 164 valence electrons. The molecule has 0 unspecified atom stereocenters. The predicted molar refractivity (Wildman–Crippen MR) is 132 cm³/mol. The lowest BCUT2D eigenvalue weighted by Crippen LogP contribution is -2.18. The van der Waals surface area contributed by atoms with E-state index in [4.69, 9.17) is 0 Å². The van der Waals surface area contributed by atoms with Gasteiger partial charge in [0.15, 0.2) is 9.84 Å². The molecule has 0 atom stereocenters. The highest BCUT2D eigenvalue weighted by atomic mass is 79.9. The van der Waals surface area contributed by atoms with Gasteiger partial charge in [0, 0.05) is 27.3 Å². The molecule has 5 nitrogen and oxygen atoms in total. The van der Waals surface area contributed by atoms with Gasteiger partial charge in [0.1, 0.15) is 6.54 Å². The van der Waals surface area contributed by atoms with Crippen molar-refractivity contribution >= 4 is 48.3 Å². The summed E-state index contributed by atoms with van der Waals surface area (Å²) in [5.74, 6) is -0.312. The van der Waals surface area contributed by atoms with Gasteiger partial charge < -0.3 is 9.88 Å². The van der Waals surface area contributed by atoms with Crippen molar-refractivity contribution in [2.75, 3.05) is 5.32 Å². The van der Waals surface area contributed by atoms with Gasteiger partial charge in [-0.1, -0.05) is 58.4 Å². The lowest BCUT2D eigenvalue weighted by molar-refractivity contribution is -0.116. The fraction of sp³-hybridized carbons (Fsp3) is 0.160. The molecular formula is C25H23BrN2O3S. The average Bonchev–Trinajstić information content (AvgIpc) is 3.12. The Morgan fingerprint density at radius 3 is 2.44 bits per heavy atom. The van der Waals surface area contributed by atoms with E-state index in [-0.39, 0.29) is 23.1 Å². The number of para-hydroxylation sites is 1. The summed E-state index contributed by atoms with van der Waals surface area (Å²) in [6, 6.07) is 20.3. The van der Waals surface area contributed by atoms with E-state index >= 15 is 0 Å². The molecule has 1 N–H and O–H groups in total. The first-order valence-electron chi connectivity index (χ1n) is 10.2. The van der Waals surface area contributed by atoms with Crippen LogP contribution in [0.4, 0.5) is 5.69 Å². The van der Waals surface area contributed by atoms with Crippen LogP contribution >= 0.6 is 15.9 Å². The van der Waals surface area contributed by atoms with Crippen LogP contribution in [0.3, 0.4) is 0 Å². The Labute approximate surface area is 196 Å². The second-order valence-electron chi connectivity index (χ2n) is 7.84. The van der Waals surface area contributed by atoms with Crippen LogP contribution < -0.4 is 5.32 Å². The zero-order valence-electron chi connectivity index (χ0n) is 17.8. The average molecular weight is 511 g/mol. The highest BCUT2D eigenvalue weighted by Crippen LogP contribution is 2.29. The summed E-state index contributed by atoms with van der Waals surface area (Å²) >= 11 is 3.45. The molecule has 4 aromatic rings. The van der Waals surface area contributed by atoms with Crippen LogP contribution in [0.2, 0.25) is 0 Å². The van der Waals surface area contributed by atoms with E-state index < -0.39 is 9.84 Å². The Morgan fingerprint density at radius 1 is 0.969 bits per heavy atom.